The summed E-state index contributed by atoms with van der Waals surface area (Å²) in [5, 5.41) is 4.63. The summed E-state index contributed by atoms with van der Waals surface area (Å²) in [7, 11) is 0. The van der Waals surface area contributed by atoms with Crippen LogP contribution in [0.1, 0.15) is 5.56 Å². The summed E-state index contributed by atoms with van der Waals surface area (Å²) in [5.74, 6) is 0. The Balaban J connectivity index is 1.26. The highest BCUT2D eigenvalue weighted by Gasteiger charge is 2.19. The third-order valence-electron chi connectivity index (χ3n) is 7.54. The summed E-state index contributed by atoms with van der Waals surface area (Å²) in [6, 6.07) is 40.9. The van der Waals surface area contributed by atoms with Crippen LogP contribution in [0.25, 0.3) is 67.6 Å². The highest BCUT2D eigenvalue weighted by Crippen LogP contribution is 2.34. The van der Waals surface area contributed by atoms with Gasteiger partial charge in [0, 0.05) is 17.3 Å². The molecule has 0 spiro atoms. The van der Waals surface area contributed by atoms with Gasteiger partial charge in [-0.2, -0.15) is 0 Å². The van der Waals surface area contributed by atoms with Crippen LogP contribution in [0, 0.1) is 0 Å². The van der Waals surface area contributed by atoms with Crippen molar-refractivity contribution in [2.45, 2.75) is 0 Å². The third kappa shape index (κ3) is 3.60. The van der Waals surface area contributed by atoms with Crippen molar-refractivity contribution < 1.29 is 0 Å². The fraction of sp³-hybridized carbons (Fsp3) is 0. The van der Waals surface area contributed by atoms with Crippen LogP contribution in [0.4, 0.5) is 0 Å². The van der Waals surface area contributed by atoms with E-state index in [4.69, 9.17) is 4.98 Å². The third-order valence-corrected chi connectivity index (χ3v) is 7.54. The first-order valence-electron chi connectivity index (χ1n) is 12.9. The molecule has 1 aliphatic carbocycles. The summed E-state index contributed by atoms with van der Waals surface area (Å²) < 4.78 is 0. The number of aromatic nitrogens is 1. The van der Waals surface area contributed by atoms with Gasteiger partial charge in [0.25, 0.3) is 0 Å². The van der Waals surface area contributed by atoms with Gasteiger partial charge in [0.05, 0.1) is 5.69 Å². The Morgan fingerprint density at radius 2 is 1.21 bits per heavy atom. The Bertz CT molecular complexity index is 1980. The Kier molecular flexibility index (Phi) is 5.16. The van der Waals surface area contributed by atoms with Gasteiger partial charge in [0.2, 0.25) is 0 Å². The van der Waals surface area contributed by atoms with Gasteiger partial charge in [0.15, 0.2) is 0 Å². The van der Waals surface area contributed by atoms with Gasteiger partial charge >= 0.3 is 0 Å². The SMILES string of the molecule is C=CC1=c2c(cc(-c3ccc4cc(-c5ccc(-c6ccccc6)cn5)ccc4c3)cc2=C)-c2ccccc21. The fourth-order valence-corrected chi connectivity index (χ4v) is 5.65. The molecule has 0 unspecified atom stereocenters. The Hall–Kier alpha value is -5.01. The molecule has 0 amide bonds. The van der Waals surface area contributed by atoms with E-state index in [-0.39, 0.29) is 0 Å². The lowest BCUT2D eigenvalue weighted by molar-refractivity contribution is 1.33. The van der Waals surface area contributed by atoms with Crippen LogP contribution < -0.4 is 10.4 Å². The standard InChI is InChI=1S/C37H25N/c1-3-32-33-11-7-8-12-34(33)35-22-31(19-24(2)37(32)35)28-14-13-27-21-29(16-15-26(27)20-28)36-18-17-30(23-38-36)25-9-5-4-6-10-25/h3-23H,1-2H2. The molecule has 0 saturated carbocycles. The summed E-state index contributed by atoms with van der Waals surface area (Å²) >= 11 is 0. The monoisotopic (exact) mass is 483 g/mol. The first kappa shape index (κ1) is 22.2. The molecule has 7 rings (SSSR count). The van der Waals surface area contributed by atoms with Crippen LogP contribution in [-0.2, 0) is 0 Å². The van der Waals surface area contributed by atoms with Crippen molar-refractivity contribution in [3.8, 4) is 44.6 Å². The van der Waals surface area contributed by atoms with Crippen molar-refractivity contribution in [1.82, 2.24) is 4.98 Å². The van der Waals surface area contributed by atoms with E-state index in [1.165, 1.54) is 54.9 Å². The molecular weight excluding hydrogens is 458 g/mol. The number of nitrogens with zero attached hydrogens (tertiary/aromatic N) is 1. The topological polar surface area (TPSA) is 12.9 Å². The minimum Gasteiger partial charge on any atom is -0.256 e. The maximum Gasteiger partial charge on any atom is 0.0702 e. The van der Waals surface area contributed by atoms with Crippen LogP contribution in [0.2, 0.25) is 0 Å². The quantitative estimate of drug-likeness (QED) is 0.247. The molecule has 1 aliphatic rings. The van der Waals surface area contributed by atoms with E-state index in [2.05, 4.69) is 122 Å². The number of hydrogen-bond donors (Lipinski definition) is 0. The molecule has 38 heavy (non-hydrogen) atoms. The van der Waals surface area contributed by atoms with Crippen molar-refractivity contribution in [3.63, 3.8) is 0 Å². The minimum absolute atomic E-state index is 0.976. The smallest absolute Gasteiger partial charge is 0.0702 e. The van der Waals surface area contributed by atoms with Gasteiger partial charge in [-0.3, -0.25) is 4.98 Å². The van der Waals surface area contributed by atoms with Crippen LogP contribution in [0.15, 0.2) is 134 Å². The Morgan fingerprint density at radius 1 is 0.526 bits per heavy atom. The Labute approximate surface area is 222 Å². The summed E-state index contributed by atoms with van der Waals surface area (Å²) in [6.45, 7) is 8.49. The molecular formula is C37H25N. The van der Waals surface area contributed by atoms with E-state index < -0.39 is 0 Å². The van der Waals surface area contributed by atoms with Crippen LogP contribution in [-0.4, -0.2) is 4.98 Å². The number of hydrogen-bond acceptors (Lipinski definition) is 1. The van der Waals surface area contributed by atoms with Crippen molar-refractivity contribution in [3.05, 3.63) is 150 Å². The molecule has 178 valence electrons. The zero-order chi connectivity index (χ0) is 25.6. The normalized spacial score (nSPS) is 11.8. The molecule has 0 fully saturated rings. The highest BCUT2D eigenvalue weighted by atomic mass is 14.7. The van der Waals surface area contributed by atoms with Crippen molar-refractivity contribution >= 4 is 22.9 Å². The van der Waals surface area contributed by atoms with Crippen molar-refractivity contribution in [2.24, 2.45) is 0 Å². The predicted octanol–water partition coefficient (Wildman–Crippen LogP) is 8.01. The second-order valence-electron chi connectivity index (χ2n) is 9.80. The molecule has 6 aromatic rings. The van der Waals surface area contributed by atoms with E-state index in [1.807, 2.05) is 18.3 Å². The summed E-state index contributed by atoms with van der Waals surface area (Å²) in [4.78, 5) is 4.76. The number of benzene rings is 5. The van der Waals surface area contributed by atoms with Gasteiger partial charge in [-0.05, 0) is 90.5 Å². The maximum absolute atomic E-state index is 4.76. The molecule has 0 radical (unpaired) electrons. The van der Waals surface area contributed by atoms with Gasteiger partial charge in [-0.25, -0.2) is 0 Å². The van der Waals surface area contributed by atoms with E-state index >= 15 is 0 Å². The predicted molar refractivity (Wildman–Crippen MR) is 161 cm³/mol. The molecule has 0 bridgehead atoms. The Morgan fingerprint density at radius 3 is 1.95 bits per heavy atom. The van der Waals surface area contributed by atoms with E-state index in [0.717, 1.165) is 22.0 Å². The zero-order valence-electron chi connectivity index (χ0n) is 21.0. The lowest BCUT2D eigenvalue weighted by Crippen LogP contribution is -2.25. The van der Waals surface area contributed by atoms with Crippen molar-refractivity contribution in [2.75, 3.05) is 0 Å². The van der Waals surface area contributed by atoms with Gasteiger partial charge in [-0.15, -0.1) is 0 Å². The van der Waals surface area contributed by atoms with Crippen LogP contribution in [0.5, 0.6) is 0 Å². The molecule has 1 heteroatoms. The number of rotatable bonds is 4. The van der Waals surface area contributed by atoms with Gasteiger partial charge in [-0.1, -0.05) is 104 Å². The van der Waals surface area contributed by atoms with Crippen LogP contribution >= 0.6 is 0 Å². The van der Waals surface area contributed by atoms with E-state index in [0.29, 0.717) is 0 Å². The molecule has 0 aliphatic heterocycles. The molecule has 1 nitrogen and oxygen atoms in total. The lowest BCUT2D eigenvalue weighted by Gasteiger charge is -2.09. The molecule has 5 aromatic carbocycles. The number of pyridine rings is 1. The number of allylic oxidation sites excluding steroid dienone is 1. The molecule has 0 atom stereocenters. The maximum atomic E-state index is 4.76. The highest BCUT2D eigenvalue weighted by molar-refractivity contribution is 5.95. The average molecular weight is 484 g/mol. The molecule has 1 heterocycles. The number of fused-ring (bicyclic) bond motifs is 4. The van der Waals surface area contributed by atoms with E-state index in [1.54, 1.807) is 0 Å². The van der Waals surface area contributed by atoms with Gasteiger partial charge < -0.3 is 0 Å². The molecule has 0 saturated heterocycles. The fourth-order valence-electron chi connectivity index (χ4n) is 5.65. The van der Waals surface area contributed by atoms with E-state index in [9.17, 15) is 0 Å². The summed E-state index contributed by atoms with van der Waals surface area (Å²) in [6.07, 6.45) is 3.91. The first-order valence-corrected chi connectivity index (χ1v) is 12.9. The minimum atomic E-state index is 0.976. The second-order valence-corrected chi connectivity index (χ2v) is 9.80. The molecule has 0 N–H and O–H groups in total. The van der Waals surface area contributed by atoms with Crippen molar-refractivity contribution in [1.29, 1.82) is 0 Å². The van der Waals surface area contributed by atoms with Gasteiger partial charge in [0.1, 0.15) is 0 Å². The van der Waals surface area contributed by atoms with Crippen LogP contribution in [0.3, 0.4) is 0 Å². The largest absolute Gasteiger partial charge is 0.256 e. The second kappa shape index (κ2) is 8.83. The summed E-state index contributed by atoms with van der Waals surface area (Å²) in [5.41, 5.74) is 11.6. The average Bonchev–Trinajstić information content (AvgIpc) is 3.31. The zero-order valence-corrected chi connectivity index (χ0v) is 21.0. The first-order chi connectivity index (χ1) is 18.7. The lowest BCUT2D eigenvalue weighted by atomic mass is 9.95. The molecule has 1 aromatic heterocycles.